The van der Waals surface area contributed by atoms with Crippen molar-refractivity contribution in [3.8, 4) is 0 Å². The van der Waals surface area contributed by atoms with E-state index in [-0.39, 0.29) is 5.91 Å². The van der Waals surface area contributed by atoms with Crippen LogP contribution in [0.25, 0.3) is 0 Å². The number of fused-ring (bicyclic) bond motifs is 1. The highest BCUT2D eigenvalue weighted by Gasteiger charge is 2.19. The number of rotatable bonds is 1. The number of carbonyl (C=O) groups excluding carboxylic acids is 1. The third-order valence-corrected chi connectivity index (χ3v) is 3.98. The van der Waals surface area contributed by atoms with E-state index in [9.17, 15) is 4.79 Å². The van der Waals surface area contributed by atoms with Gasteiger partial charge in [-0.25, -0.2) is 0 Å². The molecule has 0 atom stereocenters. The maximum atomic E-state index is 12.4. The van der Waals surface area contributed by atoms with Crippen LogP contribution in [0.3, 0.4) is 0 Å². The summed E-state index contributed by atoms with van der Waals surface area (Å²) >= 11 is 0. The second-order valence-corrected chi connectivity index (χ2v) is 5.26. The van der Waals surface area contributed by atoms with Gasteiger partial charge >= 0.3 is 0 Å². The molecule has 1 aromatic rings. The normalized spacial score (nSPS) is 19.4. The lowest BCUT2D eigenvalue weighted by Crippen LogP contribution is -2.35. The predicted octanol–water partition coefficient (Wildman–Crippen LogP) is 1.96. The molecule has 0 radical (unpaired) electrons. The molecule has 2 heterocycles. The van der Waals surface area contributed by atoms with Gasteiger partial charge in [0.1, 0.15) is 0 Å². The average molecular weight is 244 g/mol. The van der Waals surface area contributed by atoms with Crippen LogP contribution >= 0.6 is 0 Å². The van der Waals surface area contributed by atoms with Crippen molar-refractivity contribution in [1.82, 2.24) is 10.2 Å². The van der Waals surface area contributed by atoms with E-state index >= 15 is 0 Å². The van der Waals surface area contributed by atoms with Crippen LogP contribution in [0.15, 0.2) is 18.2 Å². The molecule has 1 amide bonds. The average Bonchev–Trinajstić information content (AvgIpc) is 2.47. The van der Waals surface area contributed by atoms with Gasteiger partial charge in [0, 0.05) is 25.2 Å². The van der Waals surface area contributed by atoms with Crippen molar-refractivity contribution in [2.75, 3.05) is 19.6 Å². The molecule has 0 saturated carbocycles. The van der Waals surface area contributed by atoms with Gasteiger partial charge in [0.25, 0.3) is 5.91 Å². The van der Waals surface area contributed by atoms with Crippen molar-refractivity contribution < 1.29 is 4.79 Å². The topological polar surface area (TPSA) is 32.3 Å². The quantitative estimate of drug-likeness (QED) is 0.819. The fraction of sp³-hybridized carbons (Fsp3) is 0.533. The largest absolute Gasteiger partial charge is 0.339 e. The molecule has 3 nitrogen and oxygen atoms in total. The summed E-state index contributed by atoms with van der Waals surface area (Å²) < 4.78 is 0. The summed E-state index contributed by atoms with van der Waals surface area (Å²) in [7, 11) is 0. The second kappa shape index (κ2) is 5.11. The van der Waals surface area contributed by atoms with Crippen molar-refractivity contribution >= 4 is 5.91 Å². The molecule has 1 N–H and O–H groups in total. The molecular formula is C15H20N2O. The van der Waals surface area contributed by atoms with Crippen molar-refractivity contribution in [3.05, 3.63) is 34.9 Å². The van der Waals surface area contributed by atoms with Crippen LogP contribution in [0.1, 0.15) is 40.7 Å². The summed E-state index contributed by atoms with van der Waals surface area (Å²) in [6, 6.07) is 6.20. The Kier molecular flexibility index (Phi) is 3.33. The number of hydrogen-bond acceptors (Lipinski definition) is 2. The van der Waals surface area contributed by atoms with Gasteiger partial charge in [0.15, 0.2) is 0 Å². The van der Waals surface area contributed by atoms with Gasteiger partial charge in [-0.3, -0.25) is 4.79 Å². The Hall–Kier alpha value is -1.35. The number of benzene rings is 1. The summed E-state index contributed by atoms with van der Waals surface area (Å²) in [4.78, 5) is 14.4. The number of piperidine rings is 1. The molecule has 0 bridgehead atoms. The van der Waals surface area contributed by atoms with Crippen LogP contribution in [-0.4, -0.2) is 30.4 Å². The van der Waals surface area contributed by atoms with Gasteiger partial charge in [-0.15, -0.1) is 0 Å². The fourth-order valence-corrected chi connectivity index (χ4v) is 2.89. The zero-order valence-electron chi connectivity index (χ0n) is 10.7. The summed E-state index contributed by atoms with van der Waals surface area (Å²) in [5.41, 5.74) is 3.56. The van der Waals surface area contributed by atoms with E-state index in [1.807, 2.05) is 11.0 Å². The highest BCUT2D eigenvalue weighted by molar-refractivity contribution is 5.94. The van der Waals surface area contributed by atoms with Gasteiger partial charge < -0.3 is 10.2 Å². The third kappa shape index (κ3) is 2.27. The van der Waals surface area contributed by atoms with Crippen molar-refractivity contribution in [2.45, 2.75) is 32.2 Å². The molecule has 0 spiro atoms. The van der Waals surface area contributed by atoms with Gasteiger partial charge in [-0.1, -0.05) is 6.07 Å². The summed E-state index contributed by atoms with van der Waals surface area (Å²) in [6.07, 6.45) is 4.61. The maximum absolute atomic E-state index is 12.4. The van der Waals surface area contributed by atoms with E-state index in [0.717, 1.165) is 51.0 Å². The molecule has 2 aliphatic rings. The van der Waals surface area contributed by atoms with E-state index in [1.54, 1.807) is 0 Å². The molecule has 1 fully saturated rings. The Bertz CT molecular complexity index is 450. The molecule has 0 aromatic heterocycles. The Morgan fingerprint density at radius 1 is 1.11 bits per heavy atom. The van der Waals surface area contributed by atoms with Crippen LogP contribution in [-0.2, 0) is 13.0 Å². The van der Waals surface area contributed by atoms with Gasteiger partial charge in [0.2, 0.25) is 0 Å². The first kappa shape index (κ1) is 11.7. The van der Waals surface area contributed by atoms with Gasteiger partial charge in [-0.05, 0) is 55.5 Å². The molecule has 3 rings (SSSR count). The van der Waals surface area contributed by atoms with Crippen LogP contribution in [0.5, 0.6) is 0 Å². The first-order valence-electron chi connectivity index (χ1n) is 6.96. The molecule has 18 heavy (non-hydrogen) atoms. The number of nitrogens with one attached hydrogen (secondary N) is 1. The van der Waals surface area contributed by atoms with Gasteiger partial charge in [0.05, 0.1) is 0 Å². The van der Waals surface area contributed by atoms with Gasteiger partial charge in [-0.2, -0.15) is 0 Å². The van der Waals surface area contributed by atoms with E-state index < -0.39 is 0 Å². The minimum Gasteiger partial charge on any atom is -0.339 e. The van der Waals surface area contributed by atoms with E-state index in [2.05, 4.69) is 17.4 Å². The van der Waals surface area contributed by atoms with E-state index in [4.69, 9.17) is 0 Å². The third-order valence-electron chi connectivity index (χ3n) is 3.98. The number of nitrogens with zero attached hydrogens (tertiary/aromatic N) is 1. The Morgan fingerprint density at radius 2 is 1.94 bits per heavy atom. The molecule has 2 aliphatic heterocycles. The molecular weight excluding hydrogens is 224 g/mol. The zero-order valence-corrected chi connectivity index (χ0v) is 10.7. The summed E-state index contributed by atoms with van der Waals surface area (Å²) in [5, 5.41) is 3.36. The van der Waals surface area contributed by atoms with Crippen LogP contribution in [0.4, 0.5) is 0 Å². The van der Waals surface area contributed by atoms with E-state index in [0.29, 0.717) is 0 Å². The lowest BCUT2D eigenvalue weighted by Gasteiger charge is -2.27. The fourth-order valence-electron chi connectivity index (χ4n) is 2.89. The maximum Gasteiger partial charge on any atom is 0.253 e. The first-order chi connectivity index (χ1) is 8.84. The molecule has 1 aromatic carbocycles. The Labute approximate surface area is 108 Å². The molecule has 0 aliphatic carbocycles. The van der Waals surface area contributed by atoms with Crippen LogP contribution in [0.2, 0.25) is 0 Å². The first-order valence-corrected chi connectivity index (χ1v) is 6.96. The Morgan fingerprint density at radius 3 is 2.78 bits per heavy atom. The standard InChI is InChI=1S/C15H20N2O/c18-15(17-8-2-1-3-9-17)13-4-5-14-11-16-7-6-12(14)10-13/h4-5,10,16H,1-3,6-9,11H2. The monoisotopic (exact) mass is 244 g/mol. The van der Waals surface area contributed by atoms with Crippen molar-refractivity contribution in [3.63, 3.8) is 0 Å². The summed E-state index contributed by atoms with van der Waals surface area (Å²) in [5.74, 6) is 0.219. The van der Waals surface area contributed by atoms with Crippen molar-refractivity contribution in [2.24, 2.45) is 0 Å². The van der Waals surface area contributed by atoms with Crippen LogP contribution < -0.4 is 5.32 Å². The number of likely N-dealkylation sites (tertiary alicyclic amines) is 1. The number of hydrogen-bond donors (Lipinski definition) is 1. The lowest BCUT2D eigenvalue weighted by molar-refractivity contribution is 0.0724. The molecule has 1 saturated heterocycles. The van der Waals surface area contributed by atoms with Crippen LogP contribution in [0, 0.1) is 0 Å². The highest BCUT2D eigenvalue weighted by Crippen LogP contribution is 2.18. The Balaban J connectivity index is 1.80. The minimum absolute atomic E-state index is 0.219. The van der Waals surface area contributed by atoms with Crippen molar-refractivity contribution in [1.29, 1.82) is 0 Å². The zero-order chi connectivity index (χ0) is 12.4. The number of amides is 1. The predicted molar refractivity (Wildman–Crippen MR) is 71.6 cm³/mol. The lowest BCUT2D eigenvalue weighted by atomic mass is 9.97. The second-order valence-electron chi connectivity index (χ2n) is 5.26. The number of carbonyl (C=O) groups is 1. The molecule has 96 valence electrons. The van der Waals surface area contributed by atoms with E-state index in [1.165, 1.54) is 17.5 Å². The molecule has 0 unspecified atom stereocenters. The smallest absolute Gasteiger partial charge is 0.253 e. The SMILES string of the molecule is O=C(c1ccc2c(c1)CCNC2)N1CCCCC1. The minimum atomic E-state index is 0.219. The highest BCUT2D eigenvalue weighted by atomic mass is 16.2. The summed E-state index contributed by atoms with van der Waals surface area (Å²) in [6.45, 7) is 3.82. The molecule has 3 heteroatoms.